The molecule has 0 aliphatic heterocycles. The molecule has 0 radical (unpaired) electrons. The Balaban J connectivity index is 2.32. The van der Waals surface area contributed by atoms with Crippen molar-refractivity contribution in [1.29, 1.82) is 0 Å². The van der Waals surface area contributed by atoms with Gasteiger partial charge < -0.3 is 0 Å². The molecule has 0 heterocycles. The van der Waals surface area contributed by atoms with Crippen LogP contribution in [0, 0.1) is 6.92 Å². The summed E-state index contributed by atoms with van der Waals surface area (Å²) in [5, 5.41) is 0. The van der Waals surface area contributed by atoms with Gasteiger partial charge in [-0.05, 0) is 49.1 Å². The number of thioether (sulfide) groups is 1. The zero-order valence-corrected chi connectivity index (χ0v) is 12.6. The first kappa shape index (κ1) is 13.4. The molecule has 2 rings (SSSR count). The highest BCUT2D eigenvalue weighted by Gasteiger charge is 2.09. The highest BCUT2D eigenvalue weighted by molar-refractivity contribution is 9.10. The molecular formula is C15H13BrOS. The summed E-state index contributed by atoms with van der Waals surface area (Å²) in [5.74, 6) is 0.0587. The van der Waals surface area contributed by atoms with E-state index in [1.807, 2.05) is 55.6 Å². The predicted octanol–water partition coefficient (Wildman–Crippen LogP) is 4.71. The minimum atomic E-state index is 0.0587. The van der Waals surface area contributed by atoms with Gasteiger partial charge in [0.1, 0.15) is 0 Å². The molecule has 0 saturated heterocycles. The standard InChI is InChI=1S/C15H13BrOS/c1-10-3-4-12(9-14(10)16)15(17)11-5-7-13(18-2)8-6-11/h3-9H,1-2H3. The van der Waals surface area contributed by atoms with Crippen molar-refractivity contribution in [3.05, 3.63) is 63.6 Å². The molecule has 0 N–H and O–H groups in total. The minimum absolute atomic E-state index is 0.0587. The summed E-state index contributed by atoms with van der Waals surface area (Å²) >= 11 is 5.12. The summed E-state index contributed by atoms with van der Waals surface area (Å²) in [6.07, 6.45) is 2.02. The number of hydrogen-bond donors (Lipinski definition) is 0. The van der Waals surface area contributed by atoms with Crippen LogP contribution in [0.2, 0.25) is 0 Å². The van der Waals surface area contributed by atoms with Crippen molar-refractivity contribution in [2.75, 3.05) is 6.26 Å². The molecule has 0 unspecified atom stereocenters. The zero-order chi connectivity index (χ0) is 13.1. The van der Waals surface area contributed by atoms with E-state index in [0.717, 1.165) is 20.5 Å². The smallest absolute Gasteiger partial charge is 0.193 e. The Labute approximate surface area is 120 Å². The third-order valence-corrected chi connectivity index (χ3v) is 4.38. The monoisotopic (exact) mass is 320 g/mol. The second-order valence-corrected chi connectivity index (χ2v) is 5.76. The van der Waals surface area contributed by atoms with Crippen LogP contribution in [0.15, 0.2) is 51.8 Å². The molecule has 0 aromatic heterocycles. The van der Waals surface area contributed by atoms with Crippen LogP contribution < -0.4 is 0 Å². The van der Waals surface area contributed by atoms with E-state index in [0.29, 0.717) is 5.56 Å². The Bertz CT molecular complexity index is 576. The summed E-state index contributed by atoms with van der Waals surface area (Å²) in [7, 11) is 0. The molecule has 2 aromatic rings. The van der Waals surface area contributed by atoms with Gasteiger partial charge in [0.05, 0.1) is 0 Å². The first-order valence-electron chi connectivity index (χ1n) is 5.56. The molecule has 0 aliphatic rings. The van der Waals surface area contributed by atoms with Crippen molar-refractivity contribution in [1.82, 2.24) is 0 Å². The number of carbonyl (C=O) groups is 1. The van der Waals surface area contributed by atoms with Crippen LogP contribution >= 0.6 is 27.7 Å². The summed E-state index contributed by atoms with van der Waals surface area (Å²) in [6.45, 7) is 2.01. The van der Waals surface area contributed by atoms with E-state index in [-0.39, 0.29) is 5.78 Å². The molecule has 0 saturated carbocycles. The Morgan fingerprint density at radius 2 is 1.67 bits per heavy atom. The van der Waals surface area contributed by atoms with Crippen LogP contribution in [0.5, 0.6) is 0 Å². The van der Waals surface area contributed by atoms with Crippen molar-refractivity contribution in [3.8, 4) is 0 Å². The number of aryl methyl sites for hydroxylation is 1. The first-order chi connectivity index (χ1) is 8.61. The van der Waals surface area contributed by atoms with Gasteiger partial charge in [-0.1, -0.05) is 28.1 Å². The Morgan fingerprint density at radius 1 is 1.06 bits per heavy atom. The molecule has 0 atom stereocenters. The number of rotatable bonds is 3. The van der Waals surface area contributed by atoms with Gasteiger partial charge in [0.2, 0.25) is 0 Å². The van der Waals surface area contributed by atoms with E-state index in [4.69, 9.17) is 0 Å². The summed E-state index contributed by atoms with van der Waals surface area (Å²) in [6, 6.07) is 13.4. The minimum Gasteiger partial charge on any atom is -0.289 e. The first-order valence-corrected chi connectivity index (χ1v) is 7.58. The summed E-state index contributed by atoms with van der Waals surface area (Å²) in [4.78, 5) is 13.4. The zero-order valence-electron chi connectivity index (χ0n) is 10.2. The van der Waals surface area contributed by atoms with Crippen LogP contribution in [0.4, 0.5) is 0 Å². The lowest BCUT2D eigenvalue weighted by Crippen LogP contribution is -2.01. The molecule has 92 valence electrons. The average molecular weight is 321 g/mol. The number of benzene rings is 2. The van der Waals surface area contributed by atoms with Gasteiger partial charge in [0, 0.05) is 20.5 Å². The number of ketones is 1. The molecule has 0 fully saturated rings. The molecule has 3 heteroatoms. The average Bonchev–Trinajstić information content (AvgIpc) is 2.41. The second-order valence-electron chi connectivity index (χ2n) is 4.02. The van der Waals surface area contributed by atoms with E-state index in [9.17, 15) is 4.79 Å². The van der Waals surface area contributed by atoms with Crippen molar-refractivity contribution >= 4 is 33.5 Å². The maximum atomic E-state index is 12.3. The summed E-state index contributed by atoms with van der Waals surface area (Å²) < 4.78 is 0.967. The van der Waals surface area contributed by atoms with E-state index < -0.39 is 0 Å². The highest BCUT2D eigenvalue weighted by atomic mass is 79.9. The van der Waals surface area contributed by atoms with Crippen LogP contribution in [-0.2, 0) is 0 Å². The van der Waals surface area contributed by atoms with Crippen molar-refractivity contribution < 1.29 is 4.79 Å². The van der Waals surface area contributed by atoms with Crippen molar-refractivity contribution in [2.45, 2.75) is 11.8 Å². The fraction of sp³-hybridized carbons (Fsp3) is 0.133. The van der Waals surface area contributed by atoms with Crippen LogP contribution in [0.1, 0.15) is 21.5 Å². The van der Waals surface area contributed by atoms with Gasteiger partial charge in [0.15, 0.2) is 5.78 Å². The van der Waals surface area contributed by atoms with Crippen LogP contribution in [-0.4, -0.2) is 12.0 Å². The molecule has 18 heavy (non-hydrogen) atoms. The highest BCUT2D eigenvalue weighted by Crippen LogP contribution is 2.21. The molecule has 0 bridgehead atoms. The summed E-state index contributed by atoms with van der Waals surface area (Å²) in [5.41, 5.74) is 2.57. The van der Waals surface area contributed by atoms with E-state index in [2.05, 4.69) is 15.9 Å². The molecular weight excluding hydrogens is 308 g/mol. The van der Waals surface area contributed by atoms with Crippen molar-refractivity contribution in [3.63, 3.8) is 0 Å². The van der Waals surface area contributed by atoms with Gasteiger partial charge in [-0.3, -0.25) is 4.79 Å². The molecule has 0 aliphatic carbocycles. The van der Waals surface area contributed by atoms with Crippen LogP contribution in [0.3, 0.4) is 0 Å². The number of halogens is 1. The SMILES string of the molecule is CSc1ccc(C(=O)c2ccc(C)c(Br)c2)cc1. The van der Waals surface area contributed by atoms with Gasteiger partial charge in [-0.2, -0.15) is 0 Å². The normalized spacial score (nSPS) is 10.4. The lowest BCUT2D eigenvalue weighted by molar-refractivity contribution is 0.103. The molecule has 1 nitrogen and oxygen atoms in total. The van der Waals surface area contributed by atoms with Gasteiger partial charge >= 0.3 is 0 Å². The molecule has 0 spiro atoms. The fourth-order valence-corrected chi connectivity index (χ4v) is 2.43. The van der Waals surface area contributed by atoms with Gasteiger partial charge in [0.25, 0.3) is 0 Å². The fourth-order valence-electron chi connectivity index (χ4n) is 1.64. The van der Waals surface area contributed by atoms with E-state index in [1.54, 1.807) is 11.8 Å². The Hall–Kier alpha value is -1.06. The topological polar surface area (TPSA) is 17.1 Å². The Kier molecular flexibility index (Phi) is 4.25. The third-order valence-electron chi connectivity index (χ3n) is 2.79. The lowest BCUT2D eigenvalue weighted by atomic mass is 10.0. The molecule has 2 aromatic carbocycles. The van der Waals surface area contributed by atoms with E-state index in [1.165, 1.54) is 0 Å². The second kappa shape index (κ2) is 5.72. The lowest BCUT2D eigenvalue weighted by Gasteiger charge is -2.04. The van der Waals surface area contributed by atoms with Gasteiger partial charge in [-0.25, -0.2) is 0 Å². The maximum Gasteiger partial charge on any atom is 0.193 e. The largest absolute Gasteiger partial charge is 0.289 e. The predicted molar refractivity (Wildman–Crippen MR) is 80.5 cm³/mol. The molecule has 0 amide bonds. The maximum absolute atomic E-state index is 12.3. The third kappa shape index (κ3) is 2.85. The number of hydrogen-bond acceptors (Lipinski definition) is 2. The van der Waals surface area contributed by atoms with Crippen LogP contribution in [0.25, 0.3) is 0 Å². The van der Waals surface area contributed by atoms with Crippen molar-refractivity contribution in [2.24, 2.45) is 0 Å². The van der Waals surface area contributed by atoms with Gasteiger partial charge in [-0.15, -0.1) is 11.8 Å². The number of carbonyl (C=O) groups excluding carboxylic acids is 1. The van der Waals surface area contributed by atoms with E-state index >= 15 is 0 Å². The Morgan fingerprint density at radius 3 is 2.22 bits per heavy atom. The quantitative estimate of drug-likeness (QED) is 0.601.